The second-order valence-corrected chi connectivity index (χ2v) is 6.77. The number of hydrogen-bond donors (Lipinski definition) is 1. The van der Waals surface area contributed by atoms with E-state index < -0.39 is 14.9 Å². The molecule has 128 valence electrons. The van der Waals surface area contributed by atoms with Gasteiger partial charge >= 0.3 is 0 Å². The van der Waals surface area contributed by atoms with E-state index in [1.807, 2.05) is 0 Å². The fourth-order valence-electron chi connectivity index (χ4n) is 2.07. The Labute approximate surface area is 142 Å². The van der Waals surface area contributed by atoms with Gasteiger partial charge in [-0.15, -0.1) is 0 Å². The number of nitrogens with one attached hydrogen (secondary N) is 1. The molecular weight excluding hydrogens is 348 g/mol. The monoisotopic (exact) mass is 360 g/mol. The van der Waals surface area contributed by atoms with Crippen LogP contribution >= 0.6 is 0 Å². The molecule has 25 heavy (non-hydrogen) atoms. The molecule has 0 saturated heterocycles. The Bertz CT molecular complexity index is 1030. The number of non-ortho nitro benzene ring substituents is 1. The van der Waals surface area contributed by atoms with E-state index in [0.717, 1.165) is 6.07 Å². The van der Waals surface area contributed by atoms with Gasteiger partial charge in [-0.1, -0.05) is 11.2 Å². The fraction of sp³-hybridized carbons (Fsp3) is 0.0667. The van der Waals surface area contributed by atoms with Gasteiger partial charge in [0.25, 0.3) is 21.6 Å². The van der Waals surface area contributed by atoms with Crippen molar-refractivity contribution in [3.63, 3.8) is 0 Å². The zero-order valence-corrected chi connectivity index (χ0v) is 13.7. The van der Waals surface area contributed by atoms with Gasteiger partial charge < -0.3 is 4.52 Å². The first kappa shape index (κ1) is 16.6. The largest absolute Gasteiger partial charge is 0.334 e. The molecule has 9 nitrogen and oxygen atoms in total. The summed E-state index contributed by atoms with van der Waals surface area (Å²) in [5, 5.41) is 14.5. The Kier molecular flexibility index (Phi) is 4.19. The average molecular weight is 360 g/mol. The van der Waals surface area contributed by atoms with Crippen LogP contribution in [-0.4, -0.2) is 23.5 Å². The smallest absolute Gasteiger partial charge is 0.270 e. The number of nitrogens with zero attached hydrogens (tertiary/aromatic N) is 3. The maximum absolute atomic E-state index is 12.4. The number of hydrogen-bond acceptors (Lipinski definition) is 7. The molecule has 0 aliphatic carbocycles. The molecule has 3 rings (SSSR count). The summed E-state index contributed by atoms with van der Waals surface area (Å²) < 4.78 is 32.1. The van der Waals surface area contributed by atoms with Crippen LogP contribution in [0.25, 0.3) is 11.5 Å². The first-order valence-electron chi connectivity index (χ1n) is 7.03. The first-order valence-corrected chi connectivity index (χ1v) is 8.51. The molecule has 1 N–H and O–H groups in total. The molecule has 3 aromatic rings. The van der Waals surface area contributed by atoms with E-state index in [1.165, 1.54) is 30.3 Å². The Balaban J connectivity index is 1.83. The molecule has 0 aliphatic heterocycles. The molecule has 0 fully saturated rings. The van der Waals surface area contributed by atoms with Crippen molar-refractivity contribution in [1.29, 1.82) is 0 Å². The van der Waals surface area contributed by atoms with Crippen LogP contribution in [0.4, 0.5) is 11.4 Å². The van der Waals surface area contributed by atoms with Gasteiger partial charge in [0.1, 0.15) is 0 Å². The number of anilines is 1. The number of rotatable bonds is 5. The highest BCUT2D eigenvalue weighted by molar-refractivity contribution is 7.92. The van der Waals surface area contributed by atoms with E-state index in [1.54, 1.807) is 19.1 Å². The summed E-state index contributed by atoms with van der Waals surface area (Å²) in [6.45, 7) is 1.69. The second kappa shape index (κ2) is 6.32. The molecule has 0 spiro atoms. The predicted octanol–water partition coefficient (Wildman–Crippen LogP) is 2.75. The van der Waals surface area contributed by atoms with Crippen molar-refractivity contribution in [3.05, 3.63) is 64.5 Å². The minimum atomic E-state index is -3.95. The van der Waals surface area contributed by atoms with Gasteiger partial charge in [0, 0.05) is 23.4 Å². The Morgan fingerprint density at radius 2 is 1.88 bits per heavy atom. The SMILES string of the molecule is Cc1noc(-c2ccc(NS(=O)(=O)c3cccc([N+](=O)[O-])c3)cc2)n1. The second-order valence-electron chi connectivity index (χ2n) is 5.08. The lowest BCUT2D eigenvalue weighted by atomic mass is 10.2. The highest BCUT2D eigenvalue weighted by Crippen LogP contribution is 2.23. The van der Waals surface area contributed by atoms with Crippen LogP contribution < -0.4 is 4.72 Å². The van der Waals surface area contributed by atoms with E-state index in [-0.39, 0.29) is 10.6 Å². The zero-order chi connectivity index (χ0) is 18.0. The Morgan fingerprint density at radius 1 is 1.16 bits per heavy atom. The van der Waals surface area contributed by atoms with Crippen LogP contribution in [0.15, 0.2) is 57.9 Å². The summed E-state index contributed by atoms with van der Waals surface area (Å²) in [6, 6.07) is 11.1. The highest BCUT2D eigenvalue weighted by atomic mass is 32.2. The minimum absolute atomic E-state index is 0.196. The number of aromatic nitrogens is 2. The maximum Gasteiger partial charge on any atom is 0.270 e. The summed E-state index contributed by atoms with van der Waals surface area (Å²) in [5.41, 5.74) is 0.635. The Hall–Kier alpha value is -3.27. The molecule has 1 heterocycles. The molecule has 0 bridgehead atoms. The normalized spacial score (nSPS) is 11.2. The van der Waals surface area contributed by atoms with E-state index in [2.05, 4.69) is 14.9 Å². The van der Waals surface area contributed by atoms with Crippen molar-refractivity contribution in [2.24, 2.45) is 0 Å². The van der Waals surface area contributed by atoms with Crippen molar-refractivity contribution in [2.45, 2.75) is 11.8 Å². The van der Waals surface area contributed by atoms with Gasteiger partial charge in [0.2, 0.25) is 0 Å². The average Bonchev–Trinajstić information content (AvgIpc) is 3.02. The molecule has 0 saturated carbocycles. The molecule has 0 amide bonds. The van der Waals surface area contributed by atoms with Crippen LogP contribution in [0.1, 0.15) is 5.82 Å². The van der Waals surface area contributed by atoms with Crippen molar-refractivity contribution < 1.29 is 17.9 Å². The van der Waals surface area contributed by atoms with Gasteiger partial charge in [0.15, 0.2) is 5.82 Å². The molecule has 1 aromatic heterocycles. The van der Waals surface area contributed by atoms with E-state index in [0.29, 0.717) is 23.0 Å². The number of nitro benzene ring substituents is 1. The van der Waals surface area contributed by atoms with E-state index in [9.17, 15) is 18.5 Å². The molecule has 0 atom stereocenters. The molecule has 0 aliphatic rings. The van der Waals surface area contributed by atoms with Crippen LogP contribution in [0.2, 0.25) is 0 Å². The standard InChI is InChI=1S/C15H12N4O5S/c1-10-16-15(24-17-10)11-5-7-12(8-6-11)18-25(22,23)14-4-2-3-13(9-14)19(20)21/h2-9,18H,1H3. The van der Waals surface area contributed by atoms with Gasteiger partial charge in [-0.3, -0.25) is 14.8 Å². The number of aryl methyl sites for hydroxylation is 1. The van der Waals surface area contributed by atoms with Crippen molar-refractivity contribution in [2.75, 3.05) is 4.72 Å². The van der Waals surface area contributed by atoms with Gasteiger partial charge in [0.05, 0.1) is 9.82 Å². The number of benzene rings is 2. The van der Waals surface area contributed by atoms with E-state index >= 15 is 0 Å². The number of sulfonamides is 1. The third kappa shape index (κ3) is 3.63. The predicted molar refractivity (Wildman–Crippen MR) is 88.4 cm³/mol. The molecule has 0 radical (unpaired) electrons. The van der Waals surface area contributed by atoms with E-state index in [4.69, 9.17) is 4.52 Å². The summed E-state index contributed by atoms with van der Waals surface area (Å²) in [7, 11) is -3.95. The van der Waals surface area contributed by atoms with Crippen LogP contribution in [0, 0.1) is 17.0 Å². The molecule has 0 unspecified atom stereocenters. The third-order valence-electron chi connectivity index (χ3n) is 3.25. The van der Waals surface area contributed by atoms with Crippen molar-refractivity contribution in [3.8, 4) is 11.5 Å². The quantitative estimate of drug-likeness (QED) is 0.547. The zero-order valence-electron chi connectivity index (χ0n) is 12.9. The summed E-state index contributed by atoms with van der Waals surface area (Å²) in [5.74, 6) is 0.816. The van der Waals surface area contributed by atoms with Gasteiger partial charge in [-0.25, -0.2) is 8.42 Å². The lowest BCUT2D eigenvalue weighted by molar-refractivity contribution is -0.385. The summed E-state index contributed by atoms with van der Waals surface area (Å²) >= 11 is 0. The maximum atomic E-state index is 12.4. The first-order chi connectivity index (χ1) is 11.8. The van der Waals surface area contributed by atoms with Gasteiger partial charge in [-0.2, -0.15) is 4.98 Å². The van der Waals surface area contributed by atoms with Crippen LogP contribution in [-0.2, 0) is 10.0 Å². The summed E-state index contributed by atoms with van der Waals surface area (Å²) in [6.07, 6.45) is 0. The van der Waals surface area contributed by atoms with Crippen LogP contribution in [0.5, 0.6) is 0 Å². The highest BCUT2D eigenvalue weighted by Gasteiger charge is 2.18. The lowest BCUT2D eigenvalue weighted by Crippen LogP contribution is -2.13. The lowest BCUT2D eigenvalue weighted by Gasteiger charge is -2.08. The fourth-order valence-corrected chi connectivity index (χ4v) is 3.17. The third-order valence-corrected chi connectivity index (χ3v) is 4.63. The minimum Gasteiger partial charge on any atom is -0.334 e. The van der Waals surface area contributed by atoms with Crippen LogP contribution in [0.3, 0.4) is 0 Å². The van der Waals surface area contributed by atoms with Crippen molar-refractivity contribution in [1.82, 2.24) is 10.1 Å². The topological polar surface area (TPSA) is 128 Å². The van der Waals surface area contributed by atoms with Gasteiger partial charge in [-0.05, 0) is 37.3 Å². The van der Waals surface area contributed by atoms with Crippen molar-refractivity contribution >= 4 is 21.4 Å². The molecular formula is C15H12N4O5S. The molecule has 10 heteroatoms. The molecule has 2 aromatic carbocycles. The summed E-state index contributed by atoms with van der Waals surface area (Å²) in [4.78, 5) is 14.0. The Morgan fingerprint density at radius 3 is 2.48 bits per heavy atom. The number of nitro groups is 1.